The summed E-state index contributed by atoms with van der Waals surface area (Å²) in [7, 11) is -1.65. The van der Waals surface area contributed by atoms with Gasteiger partial charge in [-0.15, -0.1) is 0 Å². The van der Waals surface area contributed by atoms with Crippen LogP contribution in [-0.4, -0.2) is 22.3 Å². The number of rotatable bonds is 1. The third-order valence-corrected chi connectivity index (χ3v) is 6.84. The Kier molecular flexibility index (Phi) is 2.66. The lowest BCUT2D eigenvalue weighted by molar-refractivity contribution is 0.103. The first-order valence-electron chi connectivity index (χ1n) is 6.09. The maximum absolute atomic E-state index is 12.6. The highest BCUT2D eigenvalue weighted by Gasteiger charge is 2.35. The average Bonchev–Trinajstić information content (AvgIpc) is 2.44. The minimum atomic E-state index is -1.65. The molecule has 0 amide bonds. The van der Waals surface area contributed by atoms with Crippen LogP contribution in [0, 0.1) is 0 Å². The molecule has 0 fully saturated rings. The molecule has 2 aromatic rings. The number of benzene rings is 2. The van der Waals surface area contributed by atoms with Crippen LogP contribution in [0.2, 0.25) is 0 Å². The molecule has 0 radical (unpaired) electrons. The fraction of sp³-hybridized carbons (Fsp3) is 0.0625. The van der Waals surface area contributed by atoms with Crippen molar-refractivity contribution < 1.29 is 15.0 Å². The first kappa shape index (κ1) is 12.8. The number of phenolic OH excluding ortho intramolecular Hbond substituents is 2. The van der Waals surface area contributed by atoms with Gasteiger partial charge in [-0.3, -0.25) is 4.79 Å². The van der Waals surface area contributed by atoms with E-state index in [0.717, 1.165) is 9.79 Å². The Bertz CT molecular complexity index is 694. The van der Waals surface area contributed by atoms with Crippen LogP contribution >= 0.6 is 10.0 Å². The molecule has 0 saturated heterocycles. The summed E-state index contributed by atoms with van der Waals surface area (Å²) in [5.74, 6) is 0.170. The number of aromatic hydroxyl groups is 2. The van der Waals surface area contributed by atoms with Gasteiger partial charge in [0.15, 0.2) is 5.78 Å². The molecule has 1 heterocycles. The third-order valence-electron chi connectivity index (χ3n) is 3.67. The van der Waals surface area contributed by atoms with Gasteiger partial charge >= 0.3 is 0 Å². The van der Waals surface area contributed by atoms with Crippen molar-refractivity contribution in [3.8, 4) is 11.5 Å². The Morgan fingerprint density at radius 1 is 1.00 bits per heavy atom. The van der Waals surface area contributed by atoms with E-state index in [1.165, 1.54) is 12.1 Å². The molecular formula is C16H14O3S. The van der Waals surface area contributed by atoms with E-state index in [1.807, 2.05) is 11.7 Å². The Balaban J connectivity index is 2.41. The maximum atomic E-state index is 12.6. The quantitative estimate of drug-likeness (QED) is 0.841. The van der Waals surface area contributed by atoms with Gasteiger partial charge in [-0.25, -0.2) is 0 Å². The predicted octanol–water partition coefficient (Wildman–Crippen LogP) is 3.64. The summed E-state index contributed by atoms with van der Waals surface area (Å²) < 4.78 is 0. The fourth-order valence-corrected chi connectivity index (χ4v) is 5.10. The van der Waals surface area contributed by atoms with Crippen molar-refractivity contribution in [1.82, 2.24) is 0 Å². The molecule has 20 heavy (non-hydrogen) atoms. The number of carbonyl (C=O) groups is 1. The van der Waals surface area contributed by atoms with Gasteiger partial charge in [0.05, 0.1) is 0 Å². The summed E-state index contributed by atoms with van der Waals surface area (Å²) in [5.41, 5.74) is 1.19. The standard InChI is InChI=1S/C16H14O3S/c1-3-20(2)14-8-10(17)4-6-12(14)16(19)13-7-5-11(18)9-15(13)20/h3-9,17-18H,1H2,2H3. The van der Waals surface area contributed by atoms with Crippen LogP contribution in [-0.2, 0) is 0 Å². The lowest BCUT2D eigenvalue weighted by atomic mass is 10.0. The largest absolute Gasteiger partial charge is 0.508 e. The zero-order valence-corrected chi connectivity index (χ0v) is 11.8. The molecule has 0 saturated carbocycles. The van der Waals surface area contributed by atoms with Crippen molar-refractivity contribution in [2.45, 2.75) is 9.79 Å². The van der Waals surface area contributed by atoms with E-state index in [1.54, 1.807) is 24.3 Å². The lowest BCUT2D eigenvalue weighted by Crippen LogP contribution is -2.16. The van der Waals surface area contributed by atoms with Crippen LogP contribution in [0.25, 0.3) is 0 Å². The van der Waals surface area contributed by atoms with Gasteiger partial charge < -0.3 is 10.2 Å². The van der Waals surface area contributed by atoms with E-state index in [9.17, 15) is 15.0 Å². The molecule has 102 valence electrons. The van der Waals surface area contributed by atoms with Crippen LogP contribution < -0.4 is 0 Å². The zero-order chi connectivity index (χ0) is 14.5. The normalized spacial score (nSPS) is 16.9. The number of phenols is 2. The van der Waals surface area contributed by atoms with Crippen molar-refractivity contribution in [2.75, 3.05) is 6.26 Å². The number of carbonyl (C=O) groups excluding carboxylic acids is 1. The Hall–Kier alpha value is -2.20. The van der Waals surface area contributed by atoms with Crippen molar-refractivity contribution in [2.24, 2.45) is 0 Å². The molecule has 0 aromatic heterocycles. The summed E-state index contributed by atoms with van der Waals surface area (Å²) in [5, 5.41) is 21.3. The fourth-order valence-electron chi connectivity index (χ4n) is 2.54. The maximum Gasteiger partial charge on any atom is 0.195 e. The first-order chi connectivity index (χ1) is 9.47. The van der Waals surface area contributed by atoms with Gasteiger partial charge in [-0.05, 0) is 48.1 Å². The predicted molar refractivity (Wildman–Crippen MR) is 79.9 cm³/mol. The lowest BCUT2D eigenvalue weighted by Gasteiger charge is -2.39. The highest BCUT2D eigenvalue weighted by atomic mass is 32.3. The summed E-state index contributed by atoms with van der Waals surface area (Å²) in [4.78, 5) is 14.1. The average molecular weight is 286 g/mol. The minimum absolute atomic E-state index is 0.0816. The molecule has 0 unspecified atom stereocenters. The Morgan fingerprint density at radius 3 is 1.85 bits per heavy atom. The van der Waals surface area contributed by atoms with Crippen molar-refractivity contribution in [1.29, 1.82) is 0 Å². The van der Waals surface area contributed by atoms with Gasteiger partial charge in [0.25, 0.3) is 0 Å². The van der Waals surface area contributed by atoms with Crippen LogP contribution in [0.1, 0.15) is 15.9 Å². The Labute approximate surface area is 118 Å². The van der Waals surface area contributed by atoms with Gasteiger partial charge in [0.1, 0.15) is 11.5 Å². The molecule has 0 bridgehead atoms. The number of ketones is 1. The van der Waals surface area contributed by atoms with Gasteiger partial charge in [0.2, 0.25) is 0 Å². The molecule has 0 aliphatic carbocycles. The van der Waals surface area contributed by atoms with Crippen LogP contribution in [0.4, 0.5) is 0 Å². The molecule has 2 aromatic carbocycles. The van der Waals surface area contributed by atoms with E-state index in [-0.39, 0.29) is 17.3 Å². The number of hydrogen-bond acceptors (Lipinski definition) is 3. The molecule has 0 spiro atoms. The smallest absolute Gasteiger partial charge is 0.195 e. The van der Waals surface area contributed by atoms with Crippen LogP contribution in [0.15, 0.2) is 58.2 Å². The third kappa shape index (κ3) is 1.58. The Morgan fingerprint density at radius 2 is 1.45 bits per heavy atom. The van der Waals surface area contributed by atoms with E-state index >= 15 is 0 Å². The van der Waals surface area contributed by atoms with Crippen molar-refractivity contribution in [3.63, 3.8) is 0 Å². The molecule has 2 N–H and O–H groups in total. The van der Waals surface area contributed by atoms with Crippen molar-refractivity contribution >= 4 is 15.8 Å². The highest BCUT2D eigenvalue weighted by Crippen LogP contribution is 2.66. The summed E-state index contributed by atoms with van der Waals surface area (Å²) in [6.45, 7) is 3.90. The first-order valence-corrected chi connectivity index (χ1v) is 8.19. The SMILES string of the molecule is C=CS1(C)c2cc(O)ccc2C(=O)c2ccc(O)cc21. The highest BCUT2D eigenvalue weighted by molar-refractivity contribution is 8.35. The topological polar surface area (TPSA) is 57.5 Å². The molecule has 0 atom stereocenters. The van der Waals surface area contributed by atoms with Gasteiger partial charge in [0, 0.05) is 20.9 Å². The summed E-state index contributed by atoms with van der Waals surface area (Å²) >= 11 is 0. The van der Waals surface area contributed by atoms with E-state index in [4.69, 9.17) is 0 Å². The minimum Gasteiger partial charge on any atom is -0.508 e. The molecular weight excluding hydrogens is 272 g/mol. The molecule has 3 rings (SSSR count). The van der Waals surface area contributed by atoms with Crippen molar-refractivity contribution in [3.05, 3.63) is 59.5 Å². The zero-order valence-electron chi connectivity index (χ0n) is 11.0. The second-order valence-electron chi connectivity index (χ2n) is 4.84. The van der Waals surface area contributed by atoms with E-state index in [0.29, 0.717) is 11.1 Å². The molecule has 4 heteroatoms. The van der Waals surface area contributed by atoms with Crippen LogP contribution in [0.3, 0.4) is 0 Å². The molecule has 3 nitrogen and oxygen atoms in total. The second-order valence-corrected chi connectivity index (χ2v) is 8.01. The van der Waals surface area contributed by atoms with E-state index in [2.05, 4.69) is 6.58 Å². The number of hydrogen-bond donors (Lipinski definition) is 2. The van der Waals surface area contributed by atoms with Gasteiger partial charge in [-0.2, -0.15) is 10.0 Å². The summed E-state index contributed by atoms with van der Waals surface area (Å²) in [6.07, 6.45) is 2.00. The van der Waals surface area contributed by atoms with Gasteiger partial charge in [-0.1, -0.05) is 6.58 Å². The number of fused-ring (bicyclic) bond motifs is 2. The molecule has 1 aliphatic heterocycles. The monoisotopic (exact) mass is 286 g/mol. The van der Waals surface area contributed by atoms with E-state index < -0.39 is 10.0 Å². The second kappa shape index (κ2) is 4.15. The summed E-state index contributed by atoms with van der Waals surface area (Å²) in [6, 6.07) is 9.58. The molecule has 1 aliphatic rings. The van der Waals surface area contributed by atoms with Crippen LogP contribution in [0.5, 0.6) is 11.5 Å².